The predicted octanol–water partition coefficient (Wildman–Crippen LogP) is 2.96. The molecule has 2 aromatic rings. The van der Waals surface area contributed by atoms with Crippen molar-refractivity contribution >= 4 is 22.9 Å². The zero-order valence-corrected chi connectivity index (χ0v) is 14.1. The van der Waals surface area contributed by atoms with Gasteiger partial charge in [0.1, 0.15) is 0 Å². The van der Waals surface area contributed by atoms with Gasteiger partial charge in [-0.05, 0) is 32.1 Å². The van der Waals surface area contributed by atoms with Gasteiger partial charge in [-0.3, -0.25) is 14.9 Å². The third-order valence-corrected chi connectivity index (χ3v) is 4.33. The zero-order valence-electron chi connectivity index (χ0n) is 13.3. The second-order valence-corrected chi connectivity index (χ2v) is 6.80. The lowest BCUT2D eigenvalue weighted by Crippen LogP contribution is -2.21. The van der Waals surface area contributed by atoms with Gasteiger partial charge in [-0.15, -0.1) is 11.3 Å². The minimum atomic E-state index is -0.466. The Morgan fingerprint density at radius 1 is 1.26 bits per heavy atom. The van der Waals surface area contributed by atoms with Crippen molar-refractivity contribution in [1.82, 2.24) is 10.2 Å². The summed E-state index contributed by atoms with van der Waals surface area (Å²) in [6.07, 6.45) is 0. The molecule has 122 valence electrons. The van der Waals surface area contributed by atoms with Crippen LogP contribution in [0.4, 0.5) is 5.69 Å². The third kappa shape index (κ3) is 4.61. The molecule has 6 nitrogen and oxygen atoms in total. The Labute approximate surface area is 138 Å². The molecule has 0 aliphatic heterocycles. The zero-order chi connectivity index (χ0) is 17.0. The number of thiophene rings is 1. The molecule has 1 aromatic heterocycles. The molecule has 0 radical (unpaired) electrons. The molecule has 1 amide bonds. The first-order valence-corrected chi connectivity index (χ1v) is 7.94. The number of aryl methyl sites for hydroxylation is 1. The largest absolute Gasteiger partial charge is 0.347 e. The van der Waals surface area contributed by atoms with E-state index in [-0.39, 0.29) is 11.6 Å². The van der Waals surface area contributed by atoms with E-state index in [0.717, 1.165) is 23.4 Å². The Kier molecular flexibility index (Phi) is 5.46. The van der Waals surface area contributed by atoms with Crippen molar-refractivity contribution in [2.75, 3.05) is 14.1 Å². The molecule has 0 spiro atoms. The van der Waals surface area contributed by atoms with Gasteiger partial charge in [0, 0.05) is 19.2 Å². The van der Waals surface area contributed by atoms with E-state index in [9.17, 15) is 14.9 Å². The van der Waals surface area contributed by atoms with Gasteiger partial charge in [0.05, 0.1) is 14.7 Å². The number of carbonyl (C=O) groups is 1. The van der Waals surface area contributed by atoms with Crippen molar-refractivity contribution in [2.24, 2.45) is 0 Å². The SMILES string of the molecule is Cc1sc(C(=O)NCc2ccc(CN(C)C)cc2)cc1[N+](=O)[O-]. The maximum atomic E-state index is 12.1. The number of amides is 1. The second kappa shape index (κ2) is 7.34. The molecule has 0 bridgehead atoms. The van der Waals surface area contributed by atoms with Crippen molar-refractivity contribution in [3.05, 3.63) is 61.3 Å². The molecule has 0 fully saturated rings. The lowest BCUT2D eigenvalue weighted by atomic mass is 10.1. The van der Waals surface area contributed by atoms with Gasteiger partial charge < -0.3 is 10.2 Å². The lowest BCUT2D eigenvalue weighted by molar-refractivity contribution is -0.385. The first kappa shape index (κ1) is 17.1. The summed E-state index contributed by atoms with van der Waals surface area (Å²) in [5, 5.41) is 13.6. The van der Waals surface area contributed by atoms with E-state index in [0.29, 0.717) is 16.3 Å². The van der Waals surface area contributed by atoms with Crippen molar-refractivity contribution in [3.63, 3.8) is 0 Å². The van der Waals surface area contributed by atoms with Crippen LogP contribution in [0.2, 0.25) is 0 Å². The van der Waals surface area contributed by atoms with Crippen molar-refractivity contribution < 1.29 is 9.72 Å². The summed E-state index contributed by atoms with van der Waals surface area (Å²) in [4.78, 5) is 25.4. The van der Waals surface area contributed by atoms with E-state index in [1.807, 2.05) is 38.4 Å². The Balaban J connectivity index is 1.96. The monoisotopic (exact) mass is 333 g/mol. The van der Waals surface area contributed by atoms with E-state index >= 15 is 0 Å². The topological polar surface area (TPSA) is 75.5 Å². The number of hydrogen-bond acceptors (Lipinski definition) is 5. The number of nitrogens with zero attached hydrogens (tertiary/aromatic N) is 2. The van der Waals surface area contributed by atoms with Gasteiger partial charge in [0.15, 0.2) is 0 Å². The highest BCUT2D eigenvalue weighted by molar-refractivity contribution is 7.14. The highest BCUT2D eigenvalue weighted by Crippen LogP contribution is 2.27. The molecule has 1 heterocycles. The van der Waals surface area contributed by atoms with E-state index in [1.54, 1.807) is 6.92 Å². The number of hydrogen-bond donors (Lipinski definition) is 1. The van der Waals surface area contributed by atoms with Crippen molar-refractivity contribution in [3.8, 4) is 0 Å². The minimum absolute atomic E-state index is 0.00631. The summed E-state index contributed by atoms with van der Waals surface area (Å²) in [5.74, 6) is -0.288. The molecule has 0 atom stereocenters. The summed E-state index contributed by atoms with van der Waals surface area (Å²) in [6.45, 7) is 2.90. The molecule has 0 unspecified atom stereocenters. The maximum Gasteiger partial charge on any atom is 0.283 e. The molecule has 1 N–H and O–H groups in total. The van der Waals surface area contributed by atoms with Crippen LogP contribution in [0.1, 0.15) is 25.7 Å². The number of rotatable bonds is 6. The van der Waals surface area contributed by atoms with E-state index < -0.39 is 4.92 Å². The molecule has 1 aromatic carbocycles. The predicted molar refractivity (Wildman–Crippen MR) is 90.7 cm³/mol. The Hall–Kier alpha value is -2.25. The van der Waals surface area contributed by atoms with Crippen LogP contribution in [0, 0.1) is 17.0 Å². The summed E-state index contributed by atoms with van der Waals surface area (Å²) < 4.78 is 0. The summed E-state index contributed by atoms with van der Waals surface area (Å²) in [6, 6.07) is 9.33. The third-order valence-electron chi connectivity index (χ3n) is 3.29. The normalized spacial score (nSPS) is 10.8. The molecular formula is C16H19N3O3S. The lowest BCUT2D eigenvalue weighted by Gasteiger charge is -2.10. The fourth-order valence-corrected chi connectivity index (χ4v) is 3.07. The maximum absolute atomic E-state index is 12.1. The summed E-state index contributed by atoms with van der Waals surface area (Å²) in [7, 11) is 4.02. The fraction of sp³-hybridized carbons (Fsp3) is 0.312. The van der Waals surface area contributed by atoms with Crippen LogP contribution in [-0.4, -0.2) is 29.8 Å². The van der Waals surface area contributed by atoms with E-state index in [1.165, 1.54) is 11.6 Å². The van der Waals surface area contributed by atoms with Gasteiger partial charge >= 0.3 is 0 Å². The fourth-order valence-electron chi connectivity index (χ4n) is 2.16. The van der Waals surface area contributed by atoms with Crippen molar-refractivity contribution in [2.45, 2.75) is 20.0 Å². The molecule has 2 rings (SSSR count). The van der Waals surface area contributed by atoms with Gasteiger partial charge in [-0.1, -0.05) is 24.3 Å². The van der Waals surface area contributed by atoms with E-state index in [4.69, 9.17) is 0 Å². The molecule has 7 heteroatoms. The molecule has 0 aliphatic carbocycles. The molecule has 0 aliphatic rings. The Morgan fingerprint density at radius 3 is 2.39 bits per heavy atom. The van der Waals surface area contributed by atoms with Crippen LogP contribution >= 0.6 is 11.3 Å². The highest BCUT2D eigenvalue weighted by atomic mass is 32.1. The highest BCUT2D eigenvalue weighted by Gasteiger charge is 2.19. The summed E-state index contributed by atoms with van der Waals surface area (Å²) in [5.41, 5.74) is 2.19. The number of carbonyl (C=O) groups excluding carboxylic acids is 1. The first-order valence-electron chi connectivity index (χ1n) is 7.12. The second-order valence-electron chi connectivity index (χ2n) is 5.55. The first-order chi connectivity index (χ1) is 10.9. The minimum Gasteiger partial charge on any atom is -0.347 e. The van der Waals surface area contributed by atoms with Crippen LogP contribution < -0.4 is 5.32 Å². The average molecular weight is 333 g/mol. The molecule has 23 heavy (non-hydrogen) atoms. The number of nitro groups is 1. The van der Waals surface area contributed by atoms with Gasteiger partial charge in [-0.2, -0.15) is 0 Å². The van der Waals surface area contributed by atoms with Crippen LogP contribution in [0.25, 0.3) is 0 Å². The van der Waals surface area contributed by atoms with E-state index in [2.05, 4.69) is 10.2 Å². The van der Waals surface area contributed by atoms with Crippen LogP contribution in [0.3, 0.4) is 0 Å². The molecule has 0 saturated heterocycles. The Morgan fingerprint density at radius 2 is 1.87 bits per heavy atom. The van der Waals surface area contributed by atoms with Crippen LogP contribution in [-0.2, 0) is 13.1 Å². The van der Waals surface area contributed by atoms with Gasteiger partial charge in [0.25, 0.3) is 11.6 Å². The van der Waals surface area contributed by atoms with Crippen LogP contribution in [0.15, 0.2) is 30.3 Å². The summed E-state index contributed by atoms with van der Waals surface area (Å²) >= 11 is 1.14. The van der Waals surface area contributed by atoms with Gasteiger partial charge in [-0.25, -0.2) is 0 Å². The van der Waals surface area contributed by atoms with Crippen LogP contribution in [0.5, 0.6) is 0 Å². The Bertz CT molecular complexity index is 708. The van der Waals surface area contributed by atoms with Crippen molar-refractivity contribution in [1.29, 1.82) is 0 Å². The number of benzene rings is 1. The molecule has 0 saturated carbocycles. The average Bonchev–Trinajstić information content (AvgIpc) is 2.88. The smallest absolute Gasteiger partial charge is 0.283 e. The quantitative estimate of drug-likeness (QED) is 0.651. The number of nitrogens with one attached hydrogen (secondary N) is 1. The van der Waals surface area contributed by atoms with Gasteiger partial charge in [0.2, 0.25) is 0 Å². The standard InChI is InChI=1S/C16H19N3O3S/c1-11-14(19(21)22)8-15(23-11)16(20)17-9-12-4-6-13(7-5-12)10-18(2)3/h4-8H,9-10H2,1-3H3,(H,17,20). The molecular weight excluding hydrogens is 314 g/mol.